The first-order valence-corrected chi connectivity index (χ1v) is 13.6. The second kappa shape index (κ2) is 12.2. The third-order valence-electron chi connectivity index (χ3n) is 6.57. The number of carbonyl (C=O) groups excluding carboxylic acids is 1. The average Bonchev–Trinajstić information content (AvgIpc) is 3.54. The quantitative estimate of drug-likeness (QED) is 0.151. The van der Waals surface area contributed by atoms with E-state index in [9.17, 15) is 9.18 Å². The molecule has 0 fully saturated rings. The molecule has 0 aliphatic rings. The lowest BCUT2D eigenvalue weighted by Gasteiger charge is -2.12. The minimum Gasteiger partial charge on any atom is -0.489 e. The number of methoxy groups -OCH3 is 1. The molecule has 3 aromatic carbocycles. The summed E-state index contributed by atoms with van der Waals surface area (Å²) in [5.41, 5.74) is 3.82. The Morgan fingerprint density at radius 3 is 2.54 bits per heavy atom. The normalized spacial score (nSPS) is 11.3. The molecule has 0 bridgehead atoms. The molecule has 5 aromatic rings. The van der Waals surface area contributed by atoms with E-state index in [1.54, 1.807) is 6.07 Å². The lowest BCUT2D eigenvalue weighted by Crippen LogP contribution is -2.06. The first kappa shape index (κ1) is 28.5. The number of fused-ring (bicyclic) bond motifs is 1. The van der Waals surface area contributed by atoms with Crippen molar-refractivity contribution in [3.63, 3.8) is 0 Å². The predicted octanol–water partition coefficient (Wildman–Crippen LogP) is 8.19. The minimum absolute atomic E-state index is 0.0129. The number of halogens is 3. The highest BCUT2D eigenvalue weighted by Gasteiger charge is 2.21. The van der Waals surface area contributed by atoms with Crippen molar-refractivity contribution in [3.8, 4) is 11.5 Å². The summed E-state index contributed by atoms with van der Waals surface area (Å²) in [5.74, 6) is 0.670. The Morgan fingerprint density at radius 2 is 1.80 bits per heavy atom. The van der Waals surface area contributed by atoms with Crippen LogP contribution in [0.4, 0.5) is 4.39 Å². The van der Waals surface area contributed by atoms with Crippen LogP contribution < -0.4 is 9.47 Å². The number of ether oxygens (including phenoxy) is 3. The van der Waals surface area contributed by atoms with Crippen LogP contribution in [-0.2, 0) is 24.5 Å². The maximum Gasteiger partial charge on any atom is 0.337 e. The number of benzene rings is 3. The van der Waals surface area contributed by atoms with Crippen molar-refractivity contribution in [3.05, 3.63) is 111 Å². The van der Waals surface area contributed by atoms with Crippen molar-refractivity contribution in [2.75, 3.05) is 7.11 Å². The number of hydrogen-bond donors (Lipinski definition) is 0. The molecular formula is C31H27Cl2FN2O5. The van der Waals surface area contributed by atoms with E-state index in [2.05, 4.69) is 9.72 Å². The standard InChI is InChI=1S/C31H27Cl2FN2O5/c1-18(2)29-24(27(35-41-29)17-40-30-25(32)13-22(34)14-26(30)33)16-39-23-7-8-28-20(12-23)9-10-36(28)15-19-5-4-6-21(11-19)31(37)38-3/h4-14,18H,15-17H2,1-3H3. The molecule has 10 heteroatoms. The molecule has 212 valence electrons. The number of rotatable bonds is 10. The van der Waals surface area contributed by atoms with Gasteiger partial charge in [0.1, 0.15) is 36.2 Å². The van der Waals surface area contributed by atoms with Crippen LogP contribution in [-0.4, -0.2) is 22.8 Å². The molecule has 0 amide bonds. The Kier molecular flexibility index (Phi) is 8.52. The fourth-order valence-corrected chi connectivity index (χ4v) is 5.13. The molecule has 0 aliphatic carbocycles. The Balaban J connectivity index is 1.31. The van der Waals surface area contributed by atoms with Gasteiger partial charge in [-0.05, 0) is 54.1 Å². The van der Waals surface area contributed by atoms with E-state index < -0.39 is 5.82 Å². The van der Waals surface area contributed by atoms with Gasteiger partial charge in [-0.2, -0.15) is 0 Å². The van der Waals surface area contributed by atoms with Gasteiger partial charge in [0.25, 0.3) is 0 Å². The summed E-state index contributed by atoms with van der Waals surface area (Å²) in [7, 11) is 1.37. The van der Waals surface area contributed by atoms with E-state index in [1.165, 1.54) is 7.11 Å². The van der Waals surface area contributed by atoms with Gasteiger partial charge in [-0.25, -0.2) is 9.18 Å². The van der Waals surface area contributed by atoms with Crippen molar-refractivity contribution in [2.24, 2.45) is 0 Å². The van der Waals surface area contributed by atoms with Crippen LogP contribution in [0.3, 0.4) is 0 Å². The number of hydrogen-bond acceptors (Lipinski definition) is 6. The molecule has 0 unspecified atom stereocenters. The van der Waals surface area contributed by atoms with Crippen molar-refractivity contribution >= 4 is 40.1 Å². The number of aromatic nitrogens is 2. The van der Waals surface area contributed by atoms with Crippen molar-refractivity contribution in [1.82, 2.24) is 9.72 Å². The van der Waals surface area contributed by atoms with Gasteiger partial charge in [-0.1, -0.05) is 54.3 Å². The highest BCUT2D eigenvalue weighted by Crippen LogP contribution is 2.35. The van der Waals surface area contributed by atoms with E-state index >= 15 is 0 Å². The van der Waals surface area contributed by atoms with Gasteiger partial charge in [-0.3, -0.25) is 0 Å². The third-order valence-corrected chi connectivity index (χ3v) is 7.13. The van der Waals surface area contributed by atoms with Gasteiger partial charge < -0.3 is 23.3 Å². The second-order valence-corrected chi connectivity index (χ2v) is 10.6. The molecular weight excluding hydrogens is 570 g/mol. The molecule has 7 nitrogen and oxygen atoms in total. The number of carbonyl (C=O) groups is 1. The SMILES string of the molecule is COC(=O)c1cccc(Cn2ccc3cc(OCc4c(COc5c(Cl)cc(F)cc5Cl)noc4C(C)C)ccc32)c1. The van der Waals surface area contributed by atoms with Gasteiger partial charge in [0.05, 0.1) is 28.3 Å². The van der Waals surface area contributed by atoms with Gasteiger partial charge in [0, 0.05) is 29.6 Å². The first-order chi connectivity index (χ1) is 19.7. The van der Waals surface area contributed by atoms with Crippen molar-refractivity contribution in [2.45, 2.75) is 39.5 Å². The molecule has 5 rings (SSSR count). The van der Waals surface area contributed by atoms with Crippen LogP contribution in [0.5, 0.6) is 11.5 Å². The molecule has 0 saturated heterocycles. The summed E-state index contributed by atoms with van der Waals surface area (Å²) >= 11 is 12.2. The van der Waals surface area contributed by atoms with Crippen LogP contribution in [0.15, 0.2) is 71.4 Å². The molecule has 41 heavy (non-hydrogen) atoms. The lowest BCUT2D eigenvalue weighted by atomic mass is 10.1. The first-order valence-electron chi connectivity index (χ1n) is 12.9. The number of esters is 1. The third kappa shape index (κ3) is 6.34. The molecule has 0 saturated carbocycles. The zero-order valence-corrected chi connectivity index (χ0v) is 24.1. The number of nitrogens with zero attached hydrogens (tertiary/aromatic N) is 2. The van der Waals surface area contributed by atoms with Gasteiger partial charge in [0.2, 0.25) is 0 Å². The maximum atomic E-state index is 13.6. The minimum atomic E-state index is -0.551. The van der Waals surface area contributed by atoms with Crippen molar-refractivity contribution < 1.29 is 27.9 Å². The Labute approximate surface area is 246 Å². The van der Waals surface area contributed by atoms with Gasteiger partial charge in [0.15, 0.2) is 5.75 Å². The average molecular weight is 597 g/mol. The van der Waals surface area contributed by atoms with E-state index in [0.29, 0.717) is 29.3 Å². The van der Waals surface area contributed by atoms with Crippen LogP contribution in [0.1, 0.15) is 52.7 Å². The Hall–Kier alpha value is -4.01. The van der Waals surface area contributed by atoms with Crippen LogP contribution in [0, 0.1) is 5.82 Å². The van der Waals surface area contributed by atoms with Gasteiger partial charge in [-0.15, -0.1) is 0 Å². The van der Waals surface area contributed by atoms with Gasteiger partial charge >= 0.3 is 5.97 Å². The Bertz CT molecular complexity index is 1690. The monoisotopic (exact) mass is 596 g/mol. The van der Waals surface area contributed by atoms with E-state index in [1.807, 2.05) is 62.5 Å². The summed E-state index contributed by atoms with van der Waals surface area (Å²) in [6.45, 7) is 4.81. The largest absolute Gasteiger partial charge is 0.489 e. The Morgan fingerprint density at radius 1 is 1.02 bits per heavy atom. The molecule has 0 spiro atoms. The molecule has 2 heterocycles. The van der Waals surface area contributed by atoms with Crippen LogP contribution in [0.2, 0.25) is 10.0 Å². The molecule has 0 N–H and O–H groups in total. The summed E-state index contributed by atoms with van der Waals surface area (Å²) in [4.78, 5) is 11.9. The van der Waals surface area contributed by atoms with Crippen LogP contribution in [0.25, 0.3) is 10.9 Å². The summed E-state index contributed by atoms with van der Waals surface area (Å²) in [5, 5.41) is 5.32. The highest BCUT2D eigenvalue weighted by molar-refractivity contribution is 6.37. The second-order valence-electron chi connectivity index (χ2n) is 9.76. The van der Waals surface area contributed by atoms with Crippen molar-refractivity contribution in [1.29, 1.82) is 0 Å². The lowest BCUT2D eigenvalue weighted by molar-refractivity contribution is 0.0600. The van der Waals surface area contributed by atoms with E-state index in [4.69, 9.17) is 41.9 Å². The highest BCUT2D eigenvalue weighted by atomic mass is 35.5. The fraction of sp³-hybridized carbons (Fsp3) is 0.226. The molecule has 0 atom stereocenters. The smallest absolute Gasteiger partial charge is 0.337 e. The molecule has 0 radical (unpaired) electrons. The predicted molar refractivity (Wildman–Crippen MR) is 154 cm³/mol. The van der Waals surface area contributed by atoms with Crippen LogP contribution >= 0.6 is 23.2 Å². The molecule has 0 aliphatic heterocycles. The zero-order chi connectivity index (χ0) is 29.1. The molecule has 2 aromatic heterocycles. The fourth-order valence-electron chi connectivity index (χ4n) is 4.56. The summed E-state index contributed by atoms with van der Waals surface area (Å²) in [6, 6.07) is 17.5. The van der Waals surface area contributed by atoms with E-state index in [0.717, 1.165) is 34.2 Å². The maximum absolute atomic E-state index is 13.6. The summed E-state index contributed by atoms with van der Waals surface area (Å²) in [6.07, 6.45) is 2.00. The summed E-state index contributed by atoms with van der Waals surface area (Å²) < 4.78 is 38.1. The van der Waals surface area contributed by atoms with E-state index in [-0.39, 0.29) is 40.9 Å². The topological polar surface area (TPSA) is 75.7 Å². The zero-order valence-electron chi connectivity index (χ0n) is 22.6.